The molecular formula is C26H33BrNP. The third-order valence-electron chi connectivity index (χ3n) is 5.44. The zero-order valence-electron chi connectivity index (χ0n) is 17.7. The second-order valence-corrected chi connectivity index (χ2v) is 11.4. The van der Waals surface area contributed by atoms with Gasteiger partial charge >= 0.3 is 0 Å². The molecule has 3 aromatic carbocycles. The molecule has 0 bridgehead atoms. The van der Waals surface area contributed by atoms with Crippen LogP contribution in [0.2, 0.25) is 0 Å². The van der Waals surface area contributed by atoms with Crippen molar-refractivity contribution < 1.29 is 17.0 Å². The van der Waals surface area contributed by atoms with Crippen LogP contribution in [0.3, 0.4) is 0 Å². The van der Waals surface area contributed by atoms with E-state index in [0.29, 0.717) is 0 Å². The van der Waals surface area contributed by atoms with Gasteiger partial charge < -0.3 is 21.9 Å². The Balaban J connectivity index is 0.00000300. The molecule has 0 fully saturated rings. The lowest BCUT2D eigenvalue weighted by Crippen LogP contribution is -3.00. The molecule has 0 heterocycles. The maximum atomic E-state index is 2.35. The van der Waals surface area contributed by atoms with Gasteiger partial charge in [-0.05, 0) is 76.3 Å². The lowest BCUT2D eigenvalue weighted by Gasteiger charge is -2.27. The van der Waals surface area contributed by atoms with Crippen molar-refractivity contribution in [2.75, 3.05) is 26.8 Å². The SMILES string of the molecule is CN(C)CCCCCC[P+](c1ccccc1)(c1ccccc1)c1ccccc1.[Br-]. The fourth-order valence-corrected chi connectivity index (χ4v) is 8.42. The van der Waals surface area contributed by atoms with Crippen LogP contribution < -0.4 is 32.9 Å². The van der Waals surface area contributed by atoms with Crippen molar-refractivity contribution in [3.05, 3.63) is 91.0 Å². The Kier molecular flexibility index (Phi) is 10.1. The molecule has 0 unspecified atom stereocenters. The van der Waals surface area contributed by atoms with E-state index in [-0.39, 0.29) is 17.0 Å². The first-order valence-electron chi connectivity index (χ1n) is 10.4. The van der Waals surface area contributed by atoms with Gasteiger partial charge in [0.15, 0.2) is 0 Å². The van der Waals surface area contributed by atoms with Crippen LogP contribution in [0.1, 0.15) is 25.7 Å². The molecule has 29 heavy (non-hydrogen) atoms. The van der Waals surface area contributed by atoms with E-state index in [9.17, 15) is 0 Å². The maximum absolute atomic E-state index is 2.35. The van der Waals surface area contributed by atoms with E-state index in [1.54, 1.807) is 0 Å². The van der Waals surface area contributed by atoms with E-state index >= 15 is 0 Å². The molecule has 0 amide bonds. The largest absolute Gasteiger partial charge is 1.00 e. The number of unbranched alkanes of at least 4 members (excludes halogenated alkanes) is 3. The quantitative estimate of drug-likeness (QED) is 0.324. The van der Waals surface area contributed by atoms with Crippen LogP contribution in [0.15, 0.2) is 91.0 Å². The van der Waals surface area contributed by atoms with E-state index in [1.165, 1.54) is 54.3 Å². The minimum atomic E-state index is -1.63. The third-order valence-corrected chi connectivity index (χ3v) is 9.97. The van der Waals surface area contributed by atoms with Crippen molar-refractivity contribution in [2.24, 2.45) is 0 Å². The zero-order chi connectivity index (χ0) is 19.7. The predicted octanol–water partition coefficient (Wildman–Crippen LogP) is 2.11. The molecule has 1 nitrogen and oxygen atoms in total. The van der Waals surface area contributed by atoms with Crippen LogP contribution in [0.5, 0.6) is 0 Å². The monoisotopic (exact) mass is 469 g/mol. The van der Waals surface area contributed by atoms with Gasteiger partial charge in [0.05, 0.1) is 6.16 Å². The number of nitrogens with zero attached hydrogens (tertiary/aromatic N) is 1. The van der Waals surface area contributed by atoms with E-state index in [4.69, 9.17) is 0 Å². The summed E-state index contributed by atoms with van der Waals surface area (Å²) in [5, 5.41) is 4.50. The van der Waals surface area contributed by atoms with Gasteiger partial charge in [-0.25, -0.2) is 0 Å². The lowest BCUT2D eigenvalue weighted by molar-refractivity contribution is -0.00000568. The molecule has 0 atom stereocenters. The van der Waals surface area contributed by atoms with Gasteiger partial charge in [-0.2, -0.15) is 0 Å². The Labute approximate surface area is 188 Å². The van der Waals surface area contributed by atoms with Gasteiger partial charge in [-0.1, -0.05) is 61.0 Å². The molecule has 3 aromatic rings. The molecule has 154 valence electrons. The van der Waals surface area contributed by atoms with Crippen LogP contribution in [0.4, 0.5) is 0 Å². The van der Waals surface area contributed by atoms with E-state index < -0.39 is 7.26 Å². The summed E-state index contributed by atoms with van der Waals surface area (Å²) < 4.78 is 0. The van der Waals surface area contributed by atoms with Gasteiger partial charge in [0.25, 0.3) is 0 Å². The maximum Gasteiger partial charge on any atom is 0.112 e. The summed E-state index contributed by atoms with van der Waals surface area (Å²) >= 11 is 0. The summed E-state index contributed by atoms with van der Waals surface area (Å²) in [5.74, 6) is 0. The molecule has 0 spiro atoms. The number of hydrogen-bond acceptors (Lipinski definition) is 1. The van der Waals surface area contributed by atoms with Gasteiger partial charge in [-0.3, -0.25) is 0 Å². The highest BCUT2D eigenvalue weighted by Crippen LogP contribution is 2.55. The Hall–Kier alpha value is -1.47. The molecule has 0 aliphatic rings. The summed E-state index contributed by atoms with van der Waals surface area (Å²) in [6.45, 7) is 1.19. The summed E-state index contributed by atoms with van der Waals surface area (Å²) in [5.41, 5.74) is 0. The van der Waals surface area contributed by atoms with Gasteiger partial charge in [0.2, 0.25) is 0 Å². The molecule has 0 radical (unpaired) electrons. The highest BCUT2D eigenvalue weighted by Gasteiger charge is 2.44. The molecule has 0 saturated heterocycles. The van der Waals surface area contributed by atoms with Crippen molar-refractivity contribution in [3.8, 4) is 0 Å². The van der Waals surface area contributed by atoms with Crippen molar-refractivity contribution in [1.29, 1.82) is 0 Å². The summed E-state index contributed by atoms with van der Waals surface area (Å²) in [7, 11) is 2.70. The van der Waals surface area contributed by atoms with Crippen molar-refractivity contribution in [1.82, 2.24) is 4.90 Å². The van der Waals surface area contributed by atoms with Crippen LogP contribution in [-0.4, -0.2) is 31.7 Å². The van der Waals surface area contributed by atoms with Crippen LogP contribution in [-0.2, 0) is 0 Å². The van der Waals surface area contributed by atoms with Gasteiger partial charge in [-0.15, -0.1) is 0 Å². The smallest absolute Gasteiger partial charge is 0.112 e. The van der Waals surface area contributed by atoms with Crippen molar-refractivity contribution in [2.45, 2.75) is 25.7 Å². The number of hydrogen-bond donors (Lipinski definition) is 0. The average Bonchev–Trinajstić information content (AvgIpc) is 2.75. The first-order valence-corrected chi connectivity index (χ1v) is 12.4. The lowest BCUT2D eigenvalue weighted by atomic mass is 10.2. The Morgan fingerprint density at radius 3 is 1.31 bits per heavy atom. The predicted molar refractivity (Wildman–Crippen MR) is 127 cm³/mol. The highest BCUT2D eigenvalue weighted by atomic mass is 79.9. The standard InChI is InChI=1S/C26H33NP.BrH/c1-27(2)22-14-3-4-15-23-28(24-16-8-5-9-17-24,25-18-10-6-11-19-25)26-20-12-7-13-21-26;/h5-13,16-21H,3-4,14-15,22-23H2,1-2H3;1H/q+1;/p-1. The molecule has 0 saturated carbocycles. The second-order valence-electron chi connectivity index (χ2n) is 7.76. The molecule has 3 heteroatoms. The van der Waals surface area contributed by atoms with Crippen LogP contribution in [0, 0.1) is 0 Å². The minimum absolute atomic E-state index is 0. The topological polar surface area (TPSA) is 3.24 Å². The van der Waals surface area contributed by atoms with Gasteiger partial charge in [0.1, 0.15) is 23.2 Å². The van der Waals surface area contributed by atoms with Crippen molar-refractivity contribution in [3.63, 3.8) is 0 Å². The second kappa shape index (κ2) is 12.3. The van der Waals surface area contributed by atoms with Gasteiger partial charge in [0, 0.05) is 0 Å². The molecule has 0 aliphatic carbocycles. The summed E-state index contributed by atoms with van der Waals surface area (Å²) in [4.78, 5) is 2.29. The molecule has 0 aliphatic heterocycles. The Bertz CT molecular complexity index is 709. The Morgan fingerprint density at radius 1 is 0.552 bits per heavy atom. The van der Waals surface area contributed by atoms with Crippen LogP contribution in [0.25, 0.3) is 0 Å². The fourth-order valence-electron chi connectivity index (χ4n) is 4.01. The van der Waals surface area contributed by atoms with E-state index in [1.807, 2.05) is 0 Å². The normalized spacial score (nSPS) is 11.3. The van der Waals surface area contributed by atoms with Crippen LogP contribution >= 0.6 is 7.26 Å². The Morgan fingerprint density at radius 2 is 0.931 bits per heavy atom. The molecular weight excluding hydrogens is 437 g/mol. The summed E-state index contributed by atoms with van der Waals surface area (Å²) in [6, 6.07) is 33.7. The summed E-state index contributed by atoms with van der Waals surface area (Å²) in [6.07, 6.45) is 6.44. The molecule has 3 rings (SSSR count). The fraction of sp³-hybridized carbons (Fsp3) is 0.308. The molecule has 0 N–H and O–H groups in total. The highest BCUT2D eigenvalue weighted by molar-refractivity contribution is 7.95. The third kappa shape index (κ3) is 6.25. The van der Waals surface area contributed by atoms with E-state index in [2.05, 4.69) is 110 Å². The van der Waals surface area contributed by atoms with E-state index in [0.717, 1.165) is 0 Å². The van der Waals surface area contributed by atoms with Crippen molar-refractivity contribution >= 4 is 23.2 Å². The first kappa shape index (κ1) is 23.8. The zero-order valence-corrected chi connectivity index (χ0v) is 20.2. The first-order chi connectivity index (χ1) is 13.7. The number of benzene rings is 3. The molecule has 0 aromatic heterocycles. The minimum Gasteiger partial charge on any atom is -1.00 e. The average molecular weight is 470 g/mol. The number of halogens is 1. The number of rotatable bonds is 10.